The van der Waals surface area contributed by atoms with Crippen molar-refractivity contribution in [2.45, 2.75) is 44.4 Å². The molecule has 0 aromatic heterocycles. The summed E-state index contributed by atoms with van der Waals surface area (Å²) in [5, 5.41) is 2.90. The van der Waals surface area contributed by atoms with Gasteiger partial charge in [0.2, 0.25) is 0 Å². The maximum atomic E-state index is 12.4. The Hall–Kier alpha value is -1.89. The van der Waals surface area contributed by atoms with Crippen LogP contribution in [-0.2, 0) is 0 Å². The lowest BCUT2D eigenvalue weighted by atomic mass is 9.91. The van der Waals surface area contributed by atoms with Crippen LogP contribution in [0.25, 0.3) is 0 Å². The molecule has 5 nitrogen and oxygen atoms in total. The lowest BCUT2D eigenvalue weighted by molar-refractivity contribution is -0.0512. The first kappa shape index (κ1) is 16.5. The first-order chi connectivity index (χ1) is 10.5. The second-order valence-electron chi connectivity index (χ2n) is 5.33. The van der Waals surface area contributed by atoms with Gasteiger partial charge in [-0.1, -0.05) is 0 Å². The quantitative estimate of drug-likeness (QED) is 0.874. The Morgan fingerprint density at radius 2 is 1.95 bits per heavy atom. The molecule has 7 heteroatoms. The van der Waals surface area contributed by atoms with E-state index >= 15 is 0 Å². The topological polar surface area (TPSA) is 73.6 Å². The number of amides is 1. The summed E-state index contributed by atoms with van der Waals surface area (Å²) in [4.78, 5) is 12.2. The lowest BCUT2D eigenvalue weighted by Crippen LogP contribution is -2.40. The maximum Gasteiger partial charge on any atom is 0.387 e. The molecule has 0 saturated heterocycles. The van der Waals surface area contributed by atoms with E-state index in [2.05, 4.69) is 10.1 Å². The number of halogens is 2. The Morgan fingerprint density at radius 1 is 1.27 bits per heavy atom. The monoisotopic (exact) mass is 314 g/mol. The van der Waals surface area contributed by atoms with Crippen molar-refractivity contribution in [1.29, 1.82) is 0 Å². The SMILES string of the molecule is COc1ccc(C(=O)NC2CCC(N)CC2)cc1OC(F)F. The number of ether oxygens (including phenoxy) is 2. The van der Waals surface area contributed by atoms with E-state index < -0.39 is 6.61 Å². The summed E-state index contributed by atoms with van der Waals surface area (Å²) in [6, 6.07) is 4.47. The van der Waals surface area contributed by atoms with Gasteiger partial charge in [-0.3, -0.25) is 4.79 Å². The van der Waals surface area contributed by atoms with Crippen LogP contribution in [0.4, 0.5) is 8.78 Å². The van der Waals surface area contributed by atoms with E-state index in [1.807, 2.05) is 0 Å². The number of nitrogens with two attached hydrogens (primary N) is 1. The molecule has 0 bridgehead atoms. The highest BCUT2D eigenvalue weighted by Gasteiger charge is 2.21. The number of carbonyl (C=O) groups excluding carboxylic acids is 1. The van der Waals surface area contributed by atoms with Crippen LogP contribution in [0.5, 0.6) is 11.5 Å². The van der Waals surface area contributed by atoms with E-state index in [9.17, 15) is 13.6 Å². The van der Waals surface area contributed by atoms with Crippen molar-refractivity contribution >= 4 is 5.91 Å². The van der Waals surface area contributed by atoms with E-state index in [1.54, 1.807) is 0 Å². The van der Waals surface area contributed by atoms with Crippen LogP contribution in [0.1, 0.15) is 36.0 Å². The van der Waals surface area contributed by atoms with Gasteiger partial charge < -0.3 is 20.5 Å². The minimum absolute atomic E-state index is 0.0638. The summed E-state index contributed by atoms with van der Waals surface area (Å²) in [7, 11) is 1.35. The van der Waals surface area contributed by atoms with Crippen molar-refractivity contribution in [3.63, 3.8) is 0 Å². The molecule has 0 aliphatic heterocycles. The van der Waals surface area contributed by atoms with E-state index in [0.29, 0.717) is 0 Å². The predicted octanol–water partition coefficient (Wildman–Crippen LogP) is 2.30. The number of nitrogens with one attached hydrogen (secondary N) is 1. The minimum atomic E-state index is -2.98. The molecule has 22 heavy (non-hydrogen) atoms. The highest BCUT2D eigenvalue weighted by atomic mass is 19.3. The average molecular weight is 314 g/mol. The molecule has 0 atom stereocenters. The van der Waals surface area contributed by atoms with Gasteiger partial charge in [-0.05, 0) is 43.9 Å². The lowest BCUT2D eigenvalue weighted by Gasteiger charge is -2.26. The standard InChI is InChI=1S/C15H20F2N2O3/c1-21-12-7-2-9(8-13(12)22-15(16)17)14(20)19-11-5-3-10(18)4-6-11/h2,7-8,10-11,15H,3-6,18H2,1H3,(H,19,20). The number of alkyl halides is 2. The summed E-state index contributed by atoms with van der Waals surface area (Å²) >= 11 is 0. The van der Waals surface area contributed by atoms with Crippen molar-refractivity contribution in [2.24, 2.45) is 5.73 Å². The van der Waals surface area contributed by atoms with E-state index in [0.717, 1.165) is 25.7 Å². The molecule has 0 radical (unpaired) electrons. The smallest absolute Gasteiger partial charge is 0.387 e. The number of hydrogen-bond donors (Lipinski definition) is 2. The molecule has 1 aliphatic carbocycles. The van der Waals surface area contributed by atoms with Gasteiger partial charge in [0.1, 0.15) is 0 Å². The second-order valence-corrected chi connectivity index (χ2v) is 5.33. The van der Waals surface area contributed by atoms with Crippen LogP contribution in [0.15, 0.2) is 18.2 Å². The Kier molecular flexibility index (Phi) is 5.54. The third-order valence-electron chi connectivity index (χ3n) is 3.75. The van der Waals surface area contributed by atoms with Crippen molar-refractivity contribution in [2.75, 3.05) is 7.11 Å². The Morgan fingerprint density at radius 3 is 2.55 bits per heavy atom. The number of rotatable bonds is 5. The number of hydrogen-bond acceptors (Lipinski definition) is 4. The van der Waals surface area contributed by atoms with E-state index in [4.69, 9.17) is 10.5 Å². The first-order valence-corrected chi connectivity index (χ1v) is 7.19. The molecule has 1 aliphatic rings. The van der Waals surface area contributed by atoms with Crippen molar-refractivity contribution in [3.05, 3.63) is 23.8 Å². The maximum absolute atomic E-state index is 12.4. The minimum Gasteiger partial charge on any atom is -0.493 e. The van der Waals surface area contributed by atoms with Crippen LogP contribution in [0.2, 0.25) is 0 Å². The highest BCUT2D eigenvalue weighted by Crippen LogP contribution is 2.29. The van der Waals surface area contributed by atoms with Gasteiger partial charge in [0, 0.05) is 17.6 Å². The number of carbonyl (C=O) groups is 1. The molecule has 0 unspecified atom stereocenters. The zero-order valence-electron chi connectivity index (χ0n) is 12.4. The fraction of sp³-hybridized carbons (Fsp3) is 0.533. The molecule has 2 rings (SSSR count). The zero-order chi connectivity index (χ0) is 16.1. The normalized spacial score (nSPS) is 21.5. The van der Waals surface area contributed by atoms with Crippen molar-refractivity contribution in [3.8, 4) is 11.5 Å². The molecule has 1 aromatic carbocycles. The molecule has 0 spiro atoms. The van der Waals surface area contributed by atoms with E-state index in [1.165, 1.54) is 25.3 Å². The van der Waals surface area contributed by atoms with Gasteiger partial charge in [-0.15, -0.1) is 0 Å². The third-order valence-corrected chi connectivity index (χ3v) is 3.75. The number of benzene rings is 1. The Balaban J connectivity index is 2.05. The molecule has 1 fully saturated rings. The molecular weight excluding hydrogens is 294 g/mol. The summed E-state index contributed by atoms with van der Waals surface area (Å²) in [5.74, 6) is -0.321. The van der Waals surface area contributed by atoms with Crippen LogP contribution < -0.4 is 20.5 Å². The van der Waals surface area contributed by atoms with Crippen molar-refractivity contribution in [1.82, 2.24) is 5.32 Å². The third kappa shape index (κ3) is 4.30. The number of methoxy groups -OCH3 is 1. The Bertz CT molecular complexity index is 518. The van der Waals surface area contributed by atoms with E-state index in [-0.39, 0.29) is 35.1 Å². The Labute approximate surface area is 127 Å². The predicted molar refractivity (Wildman–Crippen MR) is 77.3 cm³/mol. The fourth-order valence-corrected chi connectivity index (χ4v) is 2.54. The zero-order valence-corrected chi connectivity index (χ0v) is 12.4. The summed E-state index contributed by atoms with van der Waals surface area (Å²) in [6.07, 6.45) is 3.38. The molecule has 1 saturated carbocycles. The van der Waals surface area contributed by atoms with Crippen LogP contribution in [0.3, 0.4) is 0 Å². The van der Waals surface area contributed by atoms with Crippen LogP contribution in [0, 0.1) is 0 Å². The fourth-order valence-electron chi connectivity index (χ4n) is 2.54. The van der Waals surface area contributed by atoms with Gasteiger partial charge in [0.05, 0.1) is 7.11 Å². The van der Waals surface area contributed by atoms with Crippen LogP contribution >= 0.6 is 0 Å². The molecular formula is C15H20F2N2O3. The van der Waals surface area contributed by atoms with Crippen molar-refractivity contribution < 1.29 is 23.0 Å². The van der Waals surface area contributed by atoms with Gasteiger partial charge in [0.25, 0.3) is 5.91 Å². The summed E-state index contributed by atoms with van der Waals surface area (Å²) in [6.45, 7) is -2.98. The summed E-state index contributed by atoms with van der Waals surface area (Å²) < 4.78 is 34.1. The summed E-state index contributed by atoms with van der Waals surface area (Å²) in [5.41, 5.74) is 6.08. The largest absolute Gasteiger partial charge is 0.493 e. The van der Waals surface area contributed by atoms with Gasteiger partial charge in [0.15, 0.2) is 11.5 Å². The molecule has 122 valence electrons. The van der Waals surface area contributed by atoms with Gasteiger partial charge in [-0.25, -0.2) is 0 Å². The second kappa shape index (κ2) is 7.40. The molecule has 1 aromatic rings. The highest BCUT2D eigenvalue weighted by molar-refractivity contribution is 5.95. The van der Waals surface area contributed by atoms with Gasteiger partial charge >= 0.3 is 6.61 Å². The van der Waals surface area contributed by atoms with Gasteiger partial charge in [-0.2, -0.15) is 8.78 Å². The molecule has 1 amide bonds. The first-order valence-electron chi connectivity index (χ1n) is 7.19. The van der Waals surface area contributed by atoms with Crippen LogP contribution in [-0.4, -0.2) is 31.7 Å². The molecule has 0 heterocycles. The average Bonchev–Trinajstić information content (AvgIpc) is 2.49. The molecule has 3 N–H and O–H groups in total.